The van der Waals surface area contributed by atoms with Gasteiger partial charge in [0.05, 0.1) is 5.41 Å². The number of hydrogen-bond acceptors (Lipinski definition) is 3. The highest BCUT2D eigenvalue weighted by molar-refractivity contribution is 5.81. The van der Waals surface area contributed by atoms with Gasteiger partial charge in [-0.3, -0.25) is 9.59 Å². The van der Waals surface area contributed by atoms with Crippen LogP contribution in [0.15, 0.2) is 0 Å². The van der Waals surface area contributed by atoms with Gasteiger partial charge in [0.25, 0.3) is 0 Å². The van der Waals surface area contributed by atoms with E-state index in [-0.39, 0.29) is 11.9 Å². The number of carboxylic acid groups (broad SMARTS) is 1. The van der Waals surface area contributed by atoms with Crippen molar-refractivity contribution in [3.05, 3.63) is 0 Å². The van der Waals surface area contributed by atoms with Crippen LogP contribution in [0.5, 0.6) is 0 Å². The lowest BCUT2D eigenvalue weighted by Gasteiger charge is -2.24. The molecule has 0 saturated carbocycles. The summed E-state index contributed by atoms with van der Waals surface area (Å²) in [5.41, 5.74) is 4.85. The van der Waals surface area contributed by atoms with Gasteiger partial charge in [-0.2, -0.15) is 0 Å². The highest BCUT2D eigenvalue weighted by atomic mass is 16.4. The minimum Gasteiger partial charge on any atom is -0.481 e. The number of nitrogens with zero attached hydrogens (tertiary/aromatic N) is 1. The zero-order chi connectivity index (χ0) is 13.1. The van der Waals surface area contributed by atoms with E-state index in [0.29, 0.717) is 32.4 Å². The first-order valence-corrected chi connectivity index (χ1v) is 6.18. The Bertz CT molecular complexity index is 304. The second kappa shape index (κ2) is 5.49. The highest BCUT2D eigenvalue weighted by Crippen LogP contribution is 2.35. The number of hydrogen-bond donors (Lipinski definition) is 2. The number of carbonyl (C=O) groups excluding carboxylic acids is 1. The molecule has 5 nitrogen and oxygen atoms in total. The molecular formula is C12H22N2O3. The van der Waals surface area contributed by atoms with Crippen LogP contribution in [-0.2, 0) is 9.59 Å². The average Bonchev–Trinajstić information content (AvgIpc) is 2.63. The first-order valence-electron chi connectivity index (χ1n) is 6.18. The molecule has 0 bridgehead atoms. The number of likely N-dealkylation sites (tertiary alicyclic amines) is 1. The number of carboxylic acids is 1. The summed E-state index contributed by atoms with van der Waals surface area (Å²) in [5.74, 6) is -0.810. The lowest BCUT2D eigenvalue weighted by Crippen LogP contribution is -2.38. The van der Waals surface area contributed by atoms with E-state index in [1.807, 2.05) is 6.92 Å². The molecule has 0 aliphatic carbocycles. The molecule has 1 heterocycles. The molecular weight excluding hydrogens is 220 g/mol. The summed E-state index contributed by atoms with van der Waals surface area (Å²) >= 11 is 0. The summed E-state index contributed by atoms with van der Waals surface area (Å²) in [6, 6.07) is -0.173. The molecule has 1 amide bonds. The third kappa shape index (κ3) is 3.19. The SMILES string of the molecule is CCCC1(C(=O)O)CCN(C(=O)CC(C)N)C1. The summed E-state index contributed by atoms with van der Waals surface area (Å²) in [7, 11) is 0. The minimum absolute atomic E-state index is 0.0285. The van der Waals surface area contributed by atoms with Crippen molar-refractivity contribution in [2.24, 2.45) is 11.1 Å². The summed E-state index contributed by atoms with van der Waals surface area (Å²) in [6.45, 7) is 4.63. The fourth-order valence-corrected chi connectivity index (χ4v) is 2.45. The largest absolute Gasteiger partial charge is 0.481 e. The standard InChI is InChI=1S/C12H22N2O3/c1-3-4-12(11(16)17)5-6-14(8-12)10(15)7-9(2)13/h9H,3-8,13H2,1-2H3,(H,16,17). The maximum atomic E-state index is 11.8. The van der Waals surface area contributed by atoms with Crippen LogP contribution >= 0.6 is 0 Å². The Labute approximate surface area is 102 Å². The fourth-order valence-electron chi connectivity index (χ4n) is 2.45. The molecule has 1 fully saturated rings. The van der Waals surface area contributed by atoms with E-state index in [4.69, 9.17) is 5.73 Å². The Balaban J connectivity index is 2.66. The first kappa shape index (κ1) is 14.0. The van der Waals surface area contributed by atoms with Gasteiger partial charge in [0.1, 0.15) is 0 Å². The third-order valence-electron chi connectivity index (χ3n) is 3.39. The van der Waals surface area contributed by atoms with Crippen molar-refractivity contribution in [1.82, 2.24) is 4.90 Å². The van der Waals surface area contributed by atoms with E-state index in [2.05, 4.69) is 0 Å². The Morgan fingerprint density at radius 2 is 2.18 bits per heavy atom. The van der Waals surface area contributed by atoms with Crippen LogP contribution in [0.4, 0.5) is 0 Å². The van der Waals surface area contributed by atoms with Crippen LogP contribution < -0.4 is 5.73 Å². The molecule has 3 N–H and O–H groups in total. The summed E-state index contributed by atoms with van der Waals surface area (Å²) < 4.78 is 0. The summed E-state index contributed by atoms with van der Waals surface area (Å²) in [4.78, 5) is 24.8. The number of amides is 1. The first-order chi connectivity index (χ1) is 7.91. The molecule has 5 heteroatoms. The van der Waals surface area contributed by atoms with Crippen LogP contribution in [0.2, 0.25) is 0 Å². The molecule has 0 radical (unpaired) electrons. The molecule has 98 valence electrons. The van der Waals surface area contributed by atoms with Gasteiger partial charge >= 0.3 is 5.97 Å². The summed E-state index contributed by atoms with van der Waals surface area (Å²) in [6.07, 6.45) is 2.30. The van der Waals surface area contributed by atoms with E-state index in [9.17, 15) is 14.7 Å². The number of rotatable bonds is 5. The van der Waals surface area contributed by atoms with Gasteiger partial charge in [0.15, 0.2) is 0 Å². The summed E-state index contributed by atoms with van der Waals surface area (Å²) in [5, 5.41) is 9.31. The topological polar surface area (TPSA) is 83.6 Å². The zero-order valence-electron chi connectivity index (χ0n) is 10.6. The molecule has 0 aromatic carbocycles. The maximum Gasteiger partial charge on any atom is 0.311 e. The lowest BCUT2D eigenvalue weighted by molar-refractivity contribution is -0.149. The van der Waals surface area contributed by atoms with Crippen molar-refractivity contribution in [2.75, 3.05) is 13.1 Å². The maximum absolute atomic E-state index is 11.8. The predicted molar refractivity (Wildman–Crippen MR) is 64.4 cm³/mol. The molecule has 1 aliphatic rings. The second-order valence-corrected chi connectivity index (χ2v) is 5.08. The van der Waals surface area contributed by atoms with Crippen LogP contribution in [0.25, 0.3) is 0 Å². The van der Waals surface area contributed by atoms with Crippen molar-refractivity contribution >= 4 is 11.9 Å². The number of carbonyl (C=O) groups is 2. The molecule has 0 aromatic heterocycles. The molecule has 2 atom stereocenters. The molecule has 1 aliphatic heterocycles. The molecule has 17 heavy (non-hydrogen) atoms. The van der Waals surface area contributed by atoms with Gasteiger partial charge in [-0.1, -0.05) is 13.3 Å². The van der Waals surface area contributed by atoms with E-state index in [1.165, 1.54) is 0 Å². The van der Waals surface area contributed by atoms with Gasteiger partial charge in [-0.25, -0.2) is 0 Å². The molecule has 2 unspecified atom stereocenters. The Kier molecular flexibility index (Phi) is 4.51. The Hall–Kier alpha value is -1.10. The second-order valence-electron chi connectivity index (χ2n) is 5.08. The predicted octanol–water partition coefficient (Wildman–Crippen LogP) is 0.827. The average molecular weight is 242 g/mol. The Morgan fingerprint density at radius 1 is 1.53 bits per heavy atom. The van der Waals surface area contributed by atoms with Gasteiger partial charge in [0.2, 0.25) is 5.91 Å². The van der Waals surface area contributed by atoms with E-state index < -0.39 is 11.4 Å². The van der Waals surface area contributed by atoms with Crippen LogP contribution in [0, 0.1) is 5.41 Å². The van der Waals surface area contributed by atoms with Crippen molar-refractivity contribution in [2.45, 2.75) is 45.6 Å². The van der Waals surface area contributed by atoms with Gasteiger partial charge in [-0.15, -0.1) is 0 Å². The van der Waals surface area contributed by atoms with Crippen LogP contribution in [0.1, 0.15) is 39.5 Å². The molecule has 1 rings (SSSR count). The van der Waals surface area contributed by atoms with E-state index >= 15 is 0 Å². The minimum atomic E-state index is -0.782. The van der Waals surface area contributed by atoms with Gasteiger partial charge in [0, 0.05) is 25.6 Å². The number of nitrogens with two attached hydrogens (primary N) is 1. The Morgan fingerprint density at radius 3 is 2.65 bits per heavy atom. The van der Waals surface area contributed by atoms with Crippen LogP contribution in [0.3, 0.4) is 0 Å². The smallest absolute Gasteiger partial charge is 0.311 e. The van der Waals surface area contributed by atoms with Crippen LogP contribution in [-0.4, -0.2) is 41.0 Å². The van der Waals surface area contributed by atoms with Crippen molar-refractivity contribution in [1.29, 1.82) is 0 Å². The van der Waals surface area contributed by atoms with Gasteiger partial charge in [-0.05, 0) is 19.8 Å². The van der Waals surface area contributed by atoms with Gasteiger partial charge < -0.3 is 15.7 Å². The van der Waals surface area contributed by atoms with E-state index in [0.717, 1.165) is 6.42 Å². The monoisotopic (exact) mass is 242 g/mol. The zero-order valence-corrected chi connectivity index (χ0v) is 10.6. The third-order valence-corrected chi connectivity index (χ3v) is 3.39. The number of aliphatic carboxylic acids is 1. The lowest BCUT2D eigenvalue weighted by atomic mass is 9.83. The normalized spacial score (nSPS) is 25.9. The van der Waals surface area contributed by atoms with Crippen molar-refractivity contribution in [3.8, 4) is 0 Å². The molecule has 0 aromatic rings. The quantitative estimate of drug-likeness (QED) is 0.748. The molecule has 0 spiro atoms. The van der Waals surface area contributed by atoms with Crippen molar-refractivity contribution < 1.29 is 14.7 Å². The fraction of sp³-hybridized carbons (Fsp3) is 0.833. The van der Waals surface area contributed by atoms with Crippen molar-refractivity contribution in [3.63, 3.8) is 0 Å². The van der Waals surface area contributed by atoms with E-state index in [1.54, 1.807) is 11.8 Å². The molecule has 1 saturated heterocycles. The highest BCUT2D eigenvalue weighted by Gasteiger charge is 2.45.